The predicted molar refractivity (Wildman–Crippen MR) is 81.5 cm³/mol. The first-order chi connectivity index (χ1) is 8.66. The summed E-state index contributed by atoms with van der Waals surface area (Å²) in [5.41, 5.74) is 0. The molecule has 0 saturated carbocycles. The van der Waals surface area contributed by atoms with Gasteiger partial charge in [0.25, 0.3) is 0 Å². The Morgan fingerprint density at radius 2 is 0.240 bits per heavy atom. The second-order valence-electron chi connectivity index (χ2n) is 1.73. The molecule has 25 heteroatoms. The summed E-state index contributed by atoms with van der Waals surface area (Å²) < 4.78 is 0. The molecule has 0 heterocycles. The van der Waals surface area contributed by atoms with Crippen LogP contribution in [0.25, 0.3) is 0 Å². The van der Waals surface area contributed by atoms with Crippen LogP contribution in [-0.2, 0) is 0 Å². The van der Waals surface area contributed by atoms with E-state index in [0.29, 0.717) is 0 Å². The molecule has 0 amide bonds. The Bertz CT molecular complexity index is 82.4. The van der Waals surface area contributed by atoms with E-state index in [1.165, 1.54) is 0 Å². The normalized spacial score (nSPS) is 5.40. The number of rotatable bonds is 0. The molecular formula is H26B5NO19. The predicted octanol–water partition coefficient (Wildman–Crippen LogP) is -13.4. The zero-order valence-electron chi connectivity index (χ0n) is 12.3. The van der Waals surface area contributed by atoms with E-state index in [0.717, 1.165) is 0 Å². The fraction of sp³-hybridized carbons (Fsp3) is 0. The van der Waals surface area contributed by atoms with E-state index in [9.17, 15) is 0 Å². The fourth-order valence-corrected chi connectivity index (χ4v) is 0. The summed E-state index contributed by atoms with van der Waals surface area (Å²) >= 11 is 0. The minimum absolute atomic E-state index is 0. The summed E-state index contributed by atoms with van der Waals surface area (Å²) in [4.78, 5) is 0. The molecule has 0 aliphatic carbocycles. The smallest absolute Gasteiger partial charge is 0.412 e. The molecule has 20 nitrogen and oxygen atoms in total. The Hall–Kier alpha value is -0.475. The van der Waals surface area contributed by atoms with Crippen LogP contribution in [0, 0.1) is 0 Å². The van der Waals surface area contributed by atoms with Gasteiger partial charge in [-0.25, -0.2) is 0 Å². The molecule has 0 aliphatic rings. The third-order valence-electron chi connectivity index (χ3n) is 0. The van der Waals surface area contributed by atoms with E-state index >= 15 is 0 Å². The lowest BCUT2D eigenvalue weighted by Crippen LogP contribution is -2.07. The zero-order chi connectivity index (χ0) is 17.9. The largest absolute Gasteiger partial charge is 0.631 e. The van der Waals surface area contributed by atoms with Crippen molar-refractivity contribution in [2.45, 2.75) is 0 Å². The monoisotopic (exact) mass is 399 g/mol. The average molecular weight is 398 g/mol. The molecule has 0 aromatic carbocycles. The van der Waals surface area contributed by atoms with Gasteiger partial charge in [-0.2, -0.15) is 0 Å². The molecule has 25 heavy (non-hydrogen) atoms. The highest BCUT2D eigenvalue weighted by molar-refractivity contribution is 6.31. The highest BCUT2D eigenvalue weighted by Crippen LogP contribution is 1.41. The topological polar surface area (TPSA) is 464 Å². The highest BCUT2D eigenvalue weighted by Gasteiger charge is 1.94. The molecule has 0 rings (SSSR count). The minimum atomic E-state index is -2.17. The van der Waals surface area contributed by atoms with Crippen LogP contribution >= 0.6 is 0 Å². The van der Waals surface area contributed by atoms with Crippen molar-refractivity contribution >= 4 is 36.6 Å². The summed E-state index contributed by atoms with van der Waals surface area (Å²) in [5, 5.41) is 108. The Labute approximate surface area is 141 Å². The van der Waals surface area contributed by atoms with Crippen molar-refractivity contribution in [3.05, 3.63) is 0 Å². The van der Waals surface area contributed by atoms with Crippen molar-refractivity contribution in [2.24, 2.45) is 0 Å². The fourth-order valence-electron chi connectivity index (χ4n) is 0. The van der Waals surface area contributed by atoms with Gasteiger partial charge in [0.05, 0.1) is 0 Å². The van der Waals surface area contributed by atoms with Gasteiger partial charge in [0.1, 0.15) is 0 Å². The maximum Gasteiger partial charge on any atom is 0.631 e. The molecule has 0 aliphatic heterocycles. The molecule has 26 N–H and O–H groups in total. The average Bonchev–Trinajstić information content (AvgIpc) is 1.94. The lowest BCUT2D eigenvalue weighted by Gasteiger charge is -1.69. The molecule has 0 aromatic rings. The molecule has 0 bridgehead atoms. The molecule has 0 fully saturated rings. The molecule has 160 valence electrons. The van der Waals surface area contributed by atoms with Crippen LogP contribution in [0.1, 0.15) is 0 Å². The third-order valence-corrected chi connectivity index (χ3v) is 0. The zero-order valence-corrected chi connectivity index (χ0v) is 12.3. The second-order valence-corrected chi connectivity index (χ2v) is 1.73. The van der Waals surface area contributed by atoms with E-state index in [4.69, 9.17) is 75.4 Å². The van der Waals surface area contributed by atoms with E-state index in [1.807, 2.05) is 0 Å². The van der Waals surface area contributed by atoms with E-state index in [2.05, 4.69) is 0 Å². The first-order valence-corrected chi connectivity index (χ1v) is 3.87. The van der Waals surface area contributed by atoms with Crippen molar-refractivity contribution in [3.8, 4) is 0 Å². The van der Waals surface area contributed by atoms with Crippen LogP contribution in [-0.4, -0.2) is 134 Å². The Morgan fingerprint density at radius 1 is 0.240 bits per heavy atom. The Kier molecular flexibility index (Phi) is 146. The van der Waals surface area contributed by atoms with Crippen LogP contribution in [0.2, 0.25) is 0 Å². The maximum atomic E-state index is 7.17. The van der Waals surface area contributed by atoms with Gasteiger partial charge in [-0.05, 0) is 0 Å². The van der Waals surface area contributed by atoms with Gasteiger partial charge in [0.2, 0.25) is 0 Å². The Balaban J connectivity index is -0.0000000134. The van der Waals surface area contributed by atoms with Gasteiger partial charge in [-0.1, -0.05) is 0 Å². The lowest BCUT2D eigenvalue weighted by atomic mass is 10.3. The molecule has 0 saturated heterocycles. The minimum Gasteiger partial charge on any atom is -0.412 e. The van der Waals surface area contributed by atoms with Crippen LogP contribution in [0.3, 0.4) is 0 Å². The third kappa shape index (κ3) is 48200. The first-order valence-electron chi connectivity index (χ1n) is 3.87. The van der Waals surface area contributed by atoms with Crippen molar-refractivity contribution in [3.63, 3.8) is 0 Å². The number of hydrogen-bond donors (Lipinski definition) is 16. The van der Waals surface area contributed by atoms with Crippen LogP contribution in [0.5, 0.6) is 0 Å². The number of hydrogen-bond acceptors (Lipinski definition) is 16. The molecule has 0 aromatic heterocycles. The molecule has 0 spiro atoms. The van der Waals surface area contributed by atoms with Crippen molar-refractivity contribution in [1.82, 2.24) is 6.15 Å². The second kappa shape index (κ2) is 56.6. The summed E-state index contributed by atoms with van der Waals surface area (Å²) in [7, 11) is -10.8. The van der Waals surface area contributed by atoms with E-state index in [1.54, 1.807) is 0 Å². The van der Waals surface area contributed by atoms with Gasteiger partial charge < -0.3 is 103 Å². The van der Waals surface area contributed by atoms with Crippen molar-refractivity contribution in [2.75, 3.05) is 0 Å². The maximum absolute atomic E-state index is 7.17. The van der Waals surface area contributed by atoms with Crippen molar-refractivity contribution < 1.29 is 97.3 Å². The quantitative estimate of drug-likeness (QED) is 0.168. The van der Waals surface area contributed by atoms with E-state index in [-0.39, 0.29) is 28.1 Å². The molecular weight excluding hydrogens is 372 g/mol. The summed E-state index contributed by atoms with van der Waals surface area (Å²) in [6.45, 7) is 0. The van der Waals surface area contributed by atoms with Gasteiger partial charge in [0, 0.05) is 0 Å². The SMILES string of the molecule is N.O.O.O.O.OB(O)O.OB(O)O.OB(O)O.OB(O)O.OB(O)O. The Morgan fingerprint density at radius 3 is 0.240 bits per heavy atom. The first kappa shape index (κ1) is 64.3. The standard InChI is InChI=1S/5BH3O3.H3N.4H2O/c5*2-1(3)4;;;;;/h5*2-4H;1H3;4*1H2. The highest BCUT2D eigenvalue weighted by atomic mass is 16.5. The van der Waals surface area contributed by atoms with Crippen LogP contribution in [0.4, 0.5) is 0 Å². The summed E-state index contributed by atoms with van der Waals surface area (Å²) in [6, 6.07) is 0. The van der Waals surface area contributed by atoms with E-state index < -0.39 is 36.6 Å². The van der Waals surface area contributed by atoms with Gasteiger partial charge >= 0.3 is 36.6 Å². The molecule has 0 unspecified atom stereocenters. The van der Waals surface area contributed by atoms with Gasteiger partial charge in [0.15, 0.2) is 0 Å². The molecule has 0 radical (unpaired) electrons. The lowest BCUT2D eigenvalue weighted by molar-refractivity contribution is 0.276. The van der Waals surface area contributed by atoms with Crippen LogP contribution in [0.15, 0.2) is 0 Å². The van der Waals surface area contributed by atoms with Gasteiger partial charge in [-0.3, -0.25) is 0 Å². The van der Waals surface area contributed by atoms with Gasteiger partial charge in [-0.15, -0.1) is 0 Å². The summed E-state index contributed by atoms with van der Waals surface area (Å²) in [5.74, 6) is 0. The molecule has 0 atom stereocenters. The van der Waals surface area contributed by atoms with Crippen LogP contribution < -0.4 is 6.15 Å². The van der Waals surface area contributed by atoms with Crippen molar-refractivity contribution in [1.29, 1.82) is 0 Å². The summed E-state index contributed by atoms with van der Waals surface area (Å²) in [6.07, 6.45) is 0.